The average Bonchev–Trinajstić information content (AvgIpc) is 2.64. The SMILES string of the molecule is Cc1cc(F)ccc1N(c1cccc(F)c1)c1ccc2cnncc2c1. The van der Waals surface area contributed by atoms with E-state index in [0.29, 0.717) is 5.69 Å². The number of aryl methyl sites for hydroxylation is 1. The van der Waals surface area contributed by atoms with E-state index in [9.17, 15) is 8.78 Å². The van der Waals surface area contributed by atoms with Crippen molar-refractivity contribution in [2.45, 2.75) is 6.92 Å². The highest BCUT2D eigenvalue weighted by atomic mass is 19.1. The molecule has 0 spiro atoms. The van der Waals surface area contributed by atoms with Crippen LogP contribution in [0.3, 0.4) is 0 Å². The summed E-state index contributed by atoms with van der Waals surface area (Å²) in [7, 11) is 0. The van der Waals surface area contributed by atoms with Crippen LogP contribution in [0.2, 0.25) is 0 Å². The fourth-order valence-corrected chi connectivity index (χ4v) is 3.03. The van der Waals surface area contributed by atoms with Crippen molar-refractivity contribution in [1.82, 2.24) is 10.2 Å². The van der Waals surface area contributed by atoms with Gasteiger partial charge in [-0.05, 0) is 61.0 Å². The molecule has 0 aliphatic carbocycles. The zero-order chi connectivity index (χ0) is 18.1. The maximum absolute atomic E-state index is 13.9. The second kappa shape index (κ2) is 6.52. The zero-order valence-corrected chi connectivity index (χ0v) is 14.0. The molecule has 1 aromatic heterocycles. The number of hydrogen-bond donors (Lipinski definition) is 0. The molecular weight excluding hydrogens is 332 g/mol. The Hall–Kier alpha value is -3.34. The summed E-state index contributed by atoms with van der Waals surface area (Å²) >= 11 is 0. The van der Waals surface area contributed by atoms with Crippen molar-refractivity contribution >= 4 is 27.8 Å². The quantitative estimate of drug-likeness (QED) is 0.477. The molecule has 128 valence electrons. The summed E-state index contributed by atoms with van der Waals surface area (Å²) in [6.07, 6.45) is 3.37. The molecule has 5 heteroatoms. The van der Waals surface area contributed by atoms with Gasteiger partial charge in [0.05, 0.1) is 12.4 Å². The van der Waals surface area contributed by atoms with Crippen LogP contribution < -0.4 is 4.90 Å². The molecule has 3 aromatic carbocycles. The van der Waals surface area contributed by atoms with Crippen LogP contribution in [0.1, 0.15) is 5.56 Å². The standard InChI is InChI=1S/C21H15F2N3/c1-14-9-18(23)6-8-21(14)26(19-4-2-3-17(22)11-19)20-7-5-15-12-24-25-13-16(15)10-20/h2-13H,1H3. The van der Waals surface area contributed by atoms with E-state index < -0.39 is 0 Å². The third kappa shape index (κ3) is 2.99. The number of hydrogen-bond acceptors (Lipinski definition) is 3. The third-order valence-electron chi connectivity index (χ3n) is 4.26. The Labute approximate surface area is 149 Å². The Bertz CT molecular complexity index is 1100. The Balaban J connectivity index is 1.94. The number of benzene rings is 3. The van der Waals surface area contributed by atoms with Crippen molar-refractivity contribution in [3.05, 3.63) is 90.3 Å². The third-order valence-corrected chi connectivity index (χ3v) is 4.26. The van der Waals surface area contributed by atoms with Crippen LogP contribution in [0.15, 0.2) is 73.1 Å². The molecule has 0 bridgehead atoms. The molecule has 3 nitrogen and oxygen atoms in total. The number of halogens is 2. The number of fused-ring (bicyclic) bond motifs is 1. The van der Waals surface area contributed by atoms with Crippen molar-refractivity contribution in [2.75, 3.05) is 4.90 Å². The molecular formula is C21H15F2N3. The predicted molar refractivity (Wildman–Crippen MR) is 98.9 cm³/mol. The maximum atomic E-state index is 13.9. The lowest BCUT2D eigenvalue weighted by molar-refractivity contribution is 0.626. The van der Waals surface area contributed by atoms with Crippen molar-refractivity contribution < 1.29 is 8.78 Å². The van der Waals surface area contributed by atoms with Gasteiger partial charge in [0.1, 0.15) is 11.6 Å². The normalized spacial score (nSPS) is 10.9. The summed E-state index contributed by atoms with van der Waals surface area (Å²) in [6.45, 7) is 1.83. The molecule has 0 aliphatic rings. The van der Waals surface area contributed by atoms with Crippen LogP contribution in [0.25, 0.3) is 10.8 Å². The molecule has 0 N–H and O–H groups in total. The second-order valence-corrected chi connectivity index (χ2v) is 6.05. The van der Waals surface area contributed by atoms with Crippen LogP contribution >= 0.6 is 0 Å². The van der Waals surface area contributed by atoms with Crippen molar-refractivity contribution in [1.29, 1.82) is 0 Å². The summed E-state index contributed by atoms with van der Waals surface area (Å²) in [5.41, 5.74) is 3.01. The van der Waals surface area contributed by atoms with Gasteiger partial charge in [-0.15, -0.1) is 0 Å². The van der Waals surface area contributed by atoms with Gasteiger partial charge in [-0.3, -0.25) is 0 Å². The fraction of sp³-hybridized carbons (Fsp3) is 0.0476. The number of nitrogens with zero attached hydrogens (tertiary/aromatic N) is 3. The molecule has 0 saturated heterocycles. The first-order valence-corrected chi connectivity index (χ1v) is 8.14. The summed E-state index contributed by atoms with van der Waals surface area (Å²) < 4.78 is 27.5. The largest absolute Gasteiger partial charge is 0.310 e. The minimum atomic E-state index is -0.334. The molecule has 0 fully saturated rings. The van der Waals surface area contributed by atoms with Crippen LogP contribution in [0, 0.1) is 18.6 Å². The summed E-state index contributed by atoms with van der Waals surface area (Å²) in [4.78, 5) is 1.90. The number of rotatable bonds is 3. The van der Waals surface area contributed by atoms with Crippen molar-refractivity contribution in [3.63, 3.8) is 0 Å². The van der Waals surface area contributed by atoms with E-state index in [0.717, 1.165) is 27.7 Å². The Morgan fingerprint density at radius 2 is 1.46 bits per heavy atom. The molecule has 0 aliphatic heterocycles. The monoisotopic (exact) mass is 347 g/mol. The van der Waals surface area contributed by atoms with E-state index in [2.05, 4.69) is 10.2 Å². The van der Waals surface area contributed by atoms with E-state index in [1.165, 1.54) is 24.3 Å². The first-order chi connectivity index (χ1) is 12.6. The summed E-state index contributed by atoms with van der Waals surface area (Å²) in [5.74, 6) is -0.641. The van der Waals surface area contributed by atoms with Gasteiger partial charge in [0.2, 0.25) is 0 Å². The Morgan fingerprint density at radius 3 is 2.23 bits per heavy atom. The summed E-state index contributed by atoms with van der Waals surface area (Å²) in [6, 6.07) is 16.7. The highest BCUT2D eigenvalue weighted by molar-refractivity contribution is 5.88. The van der Waals surface area contributed by atoms with E-state index >= 15 is 0 Å². The Morgan fingerprint density at radius 1 is 0.731 bits per heavy atom. The first-order valence-electron chi connectivity index (χ1n) is 8.14. The van der Waals surface area contributed by atoms with Crippen LogP contribution in [0.5, 0.6) is 0 Å². The van der Waals surface area contributed by atoms with Crippen LogP contribution in [-0.2, 0) is 0 Å². The van der Waals surface area contributed by atoms with Gasteiger partial charge in [0.25, 0.3) is 0 Å². The van der Waals surface area contributed by atoms with Gasteiger partial charge >= 0.3 is 0 Å². The highest BCUT2D eigenvalue weighted by Gasteiger charge is 2.16. The number of aromatic nitrogens is 2. The van der Waals surface area contributed by atoms with Gasteiger partial charge in [0, 0.05) is 27.8 Å². The highest BCUT2D eigenvalue weighted by Crippen LogP contribution is 2.37. The molecule has 0 unspecified atom stereocenters. The molecule has 4 aromatic rings. The van der Waals surface area contributed by atoms with Crippen LogP contribution in [0.4, 0.5) is 25.8 Å². The van der Waals surface area contributed by atoms with Crippen molar-refractivity contribution in [3.8, 4) is 0 Å². The predicted octanol–water partition coefficient (Wildman–Crippen LogP) is 5.69. The van der Waals surface area contributed by atoms with Gasteiger partial charge in [-0.25, -0.2) is 8.78 Å². The van der Waals surface area contributed by atoms with E-state index in [1.807, 2.05) is 36.1 Å². The van der Waals surface area contributed by atoms with Crippen LogP contribution in [-0.4, -0.2) is 10.2 Å². The molecule has 0 saturated carbocycles. The summed E-state index contributed by atoms with van der Waals surface area (Å²) in [5, 5.41) is 9.68. The average molecular weight is 347 g/mol. The van der Waals surface area contributed by atoms with Gasteiger partial charge in [0.15, 0.2) is 0 Å². The molecule has 4 rings (SSSR count). The topological polar surface area (TPSA) is 29.0 Å². The molecule has 0 amide bonds. The molecule has 1 heterocycles. The number of anilines is 3. The fourth-order valence-electron chi connectivity index (χ4n) is 3.03. The minimum absolute atomic E-state index is 0.306. The zero-order valence-electron chi connectivity index (χ0n) is 14.0. The lowest BCUT2D eigenvalue weighted by Gasteiger charge is -2.27. The van der Waals surface area contributed by atoms with E-state index in [-0.39, 0.29) is 11.6 Å². The van der Waals surface area contributed by atoms with Gasteiger partial charge in [-0.2, -0.15) is 10.2 Å². The van der Waals surface area contributed by atoms with Gasteiger partial charge in [-0.1, -0.05) is 12.1 Å². The minimum Gasteiger partial charge on any atom is -0.310 e. The van der Waals surface area contributed by atoms with Crippen molar-refractivity contribution in [2.24, 2.45) is 0 Å². The van der Waals surface area contributed by atoms with E-state index in [1.54, 1.807) is 24.5 Å². The van der Waals surface area contributed by atoms with E-state index in [4.69, 9.17) is 0 Å². The first kappa shape index (κ1) is 16.1. The lowest BCUT2D eigenvalue weighted by Crippen LogP contribution is -2.11. The smallest absolute Gasteiger partial charge is 0.125 e. The second-order valence-electron chi connectivity index (χ2n) is 6.05. The molecule has 0 radical (unpaired) electrons. The Kier molecular flexibility index (Phi) is 4.05. The lowest BCUT2D eigenvalue weighted by atomic mass is 10.1. The molecule has 26 heavy (non-hydrogen) atoms. The molecule has 0 atom stereocenters. The van der Waals surface area contributed by atoms with Gasteiger partial charge < -0.3 is 4.90 Å². The maximum Gasteiger partial charge on any atom is 0.125 e.